The van der Waals surface area contributed by atoms with Crippen LogP contribution in [0.1, 0.15) is 0 Å². The molecule has 7 heavy (non-hydrogen) atoms. The maximum absolute atomic E-state index is 3.67. The molecule has 0 unspecified atom stereocenters. The van der Waals surface area contributed by atoms with Gasteiger partial charge in [-0.25, -0.2) is 4.98 Å². The summed E-state index contributed by atoms with van der Waals surface area (Å²) in [4.78, 5) is 6.42. The smallest absolute Gasteiger partial charge is 0.0919 e. The van der Waals surface area contributed by atoms with E-state index in [1.165, 1.54) is 0 Å². The quantitative estimate of drug-likeness (QED) is 0.515. The summed E-state index contributed by atoms with van der Waals surface area (Å²) in [5.74, 6) is 0. The fourth-order valence-electron chi connectivity index (χ4n) is 0.215. The van der Waals surface area contributed by atoms with Crippen LogP contribution in [0.2, 0.25) is 0 Å². The van der Waals surface area contributed by atoms with E-state index in [1.807, 2.05) is 0 Å². The van der Waals surface area contributed by atoms with Gasteiger partial charge in [0.2, 0.25) is 0 Å². The Bertz CT molecular complexity index is 76.6. The van der Waals surface area contributed by atoms with E-state index in [1.54, 1.807) is 18.7 Å². The minimum Gasteiger partial charge on any atom is -0.351 e. The summed E-state index contributed by atoms with van der Waals surface area (Å²) in [7, 11) is 0. The van der Waals surface area contributed by atoms with Gasteiger partial charge >= 0.3 is 21.0 Å². The van der Waals surface area contributed by atoms with Crippen LogP contribution in [0.15, 0.2) is 18.7 Å². The number of aromatic amines is 1. The van der Waals surface area contributed by atoms with Gasteiger partial charge in [0.1, 0.15) is 0 Å². The molecule has 0 fully saturated rings. The fraction of sp³-hybridized carbons (Fsp3) is 0. The zero-order valence-corrected chi connectivity index (χ0v) is 4.84. The van der Waals surface area contributed by atoms with Crippen molar-refractivity contribution >= 4 is 5.42 Å². The standard InChI is InChI=1S/C3H4N2.CH2.Fe/c1-2-5-3-4-1;;/h1-3H,(H,4,5);1H2;. The number of rotatable bonds is 0. The normalized spacial score (nSPS) is 6.43. The molecule has 1 rings (SSSR count). The number of nitrogens with one attached hydrogen (secondary N) is 1. The molecule has 0 saturated carbocycles. The molecular weight excluding hydrogens is 132 g/mol. The van der Waals surface area contributed by atoms with Crippen molar-refractivity contribution in [2.75, 3.05) is 0 Å². The molecule has 1 N–H and O–H groups in total. The minimum atomic E-state index is 1.62. The molecule has 1 aromatic rings. The minimum absolute atomic E-state index is 1.62. The van der Waals surface area contributed by atoms with E-state index < -0.39 is 0 Å². The van der Waals surface area contributed by atoms with E-state index in [0.717, 1.165) is 0 Å². The van der Waals surface area contributed by atoms with Crippen molar-refractivity contribution in [1.29, 1.82) is 0 Å². The van der Waals surface area contributed by atoms with E-state index in [9.17, 15) is 0 Å². The molecule has 0 bridgehead atoms. The molecule has 0 saturated heterocycles. The van der Waals surface area contributed by atoms with Gasteiger partial charge in [0.05, 0.1) is 6.33 Å². The predicted molar refractivity (Wildman–Crippen MR) is 25.7 cm³/mol. The molecule has 40 valence electrons. The summed E-state index contributed by atoms with van der Waals surface area (Å²) in [6.07, 6.45) is 5.08. The van der Waals surface area contributed by atoms with E-state index in [-0.39, 0.29) is 0 Å². The first-order valence-electron chi connectivity index (χ1n) is 1.68. The van der Waals surface area contributed by atoms with Crippen molar-refractivity contribution in [3.8, 4) is 0 Å². The Morgan fingerprint density at radius 2 is 2.29 bits per heavy atom. The molecule has 0 amide bonds. The van der Waals surface area contributed by atoms with E-state index in [4.69, 9.17) is 0 Å². The summed E-state index contributed by atoms with van der Waals surface area (Å²) in [6, 6.07) is 0. The second-order valence-corrected chi connectivity index (χ2v) is 0.761. The Morgan fingerprint density at radius 1 is 1.57 bits per heavy atom. The van der Waals surface area contributed by atoms with Crippen molar-refractivity contribution in [1.82, 2.24) is 9.97 Å². The zero-order chi connectivity index (χ0) is 5.54. The monoisotopic (exact) mass is 138 g/mol. The summed E-state index contributed by atoms with van der Waals surface area (Å²) < 4.78 is 0. The maximum atomic E-state index is 3.67. The average Bonchev–Trinajstić information content (AvgIpc) is 2.23. The number of hydrogen-bond donors (Lipinski definition) is 1. The first-order chi connectivity index (χ1) is 3.50. The van der Waals surface area contributed by atoms with Crippen LogP contribution in [-0.2, 0) is 15.6 Å². The Kier molecular flexibility index (Phi) is 5.28. The van der Waals surface area contributed by atoms with Gasteiger partial charge < -0.3 is 4.98 Å². The molecule has 0 atom stereocenters. The van der Waals surface area contributed by atoms with Crippen molar-refractivity contribution in [2.45, 2.75) is 0 Å². The topological polar surface area (TPSA) is 28.7 Å². The number of aromatic nitrogens is 2. The van der Waals surface area contributed by atoms with Crippen molar-refractivity contribution in [3.63, 3.8) is 0 Å². The molecule has 0 aliphatic carbocycles. The van der Waals surface area contributed by atoms with Crippen LogP contribution in [0.3, 0.4) is 0 Å². The molecule has 1 heterocycles. The number of imidazole rings is 1. The van der Waals surface area contributed by atoms with E-state index >= 15 is 0 Å². The van der Waals surface area contributed by atoms with Crippen LogP contribution < -0.4 is 0 Å². The Hall–Kier alpha value is -0.401. The SMILES string of the molecule is [CH2]=[Fe].c1c[nH]cn1. The fourth-order valence-corrected chi connectivity index (χ4v) is 0.215. The Morgan fingerprint density at radius 3 is 2.43 bits per heavy atom. The maximum Gasteiger partial charge on any atom is 0.0919 e. The molecule has 0 aliphatic heterocycles. The summed E-state index contributed by atoms with van der Waals surface area (Å²) in [5, 5.41) is 0. The first kappa shape index (κ1) is 6.60. The number of nitrogens with zero attached hydrogens (tertiary/aromatic N) is 1. The zero-order valence-electron chi connectivity index (χ0n) is 3.74. The van der Waals surface area contributed by atoms with Gasteiger partial charge in [-0.3, -0.25) is 0 Å². The van der Waals surface area contributed by atoms with Gasteiger partial charge in [0, 0.05) is 12.4 Å². The van der Waals surface area contributed by atoms with Gasteiger partial charge in [-0.2, -0.15) is 0 Å². The summed E-state index contributed by atoms with van der Waals surface area (Å²) in [5.41, 5.74) is 3.00. The average molecular weight is 138 g/mol. The molecule has 0 spiro atoms. The molecule has 1 aromatic heterocycles. The predicted octanol–water partition coefficient (Wildman–Crippen LogP) is 0.375. The molecular formula is C4H6FeN2. The van der Waals surface area contributed by atoms with Crippen molar-refractivity contribution < 1.29 is 15.6 Å². The van der Waals surface area contributed by atoms with Crippen LogP contribution in [0.5, 0.6) is 0 Å². The van der Waals surface area contributed by atoms with Gasteiger partial charge in [-0.05, 0) is 0 Å². The molecule has 2 nitrogen and oxygen atoms in total. The third kappa shape index (κ3) is 3.43. The van der Waals surface area contributed by atoms with Gasteiger partial charge in [-0.1, -0.05) is 0 Å². The van der Waals surface area contributed by atoms with Crippen LogP contribution in [0.4, 0.5) is 0 Å². The van der Waals surface area contributed by atoms with Crippen LogP contribution in [-0.4, -0.2) is 15.4 Å². The number of hydrogen-bond acceptors (Lipinski definition) is 1. The van der Waals surface area contributed by atoms with Gasteiger partial charge in [0.15, 0.2) is 0 Å². The molecule has 0 aromatic carbocycles. The van der Waals surface area contributed by atoms with E-state index in [2.05, 4.69) is 31.0 Å². The van der Waals surface area contributed by atoms with Crippen LogP contribution >= 0.6 is 0 Å². The van der Waals surface area contributed by atoms with Crippen LogP contribution in [0.25, 0.3) is 0 Å². The second-order valence-electron chi connectivity index (χ2n) is 0.761. The van der Waals surface area contributed by atoms with Crippen LogP contribution in [0, 0.1) is 0 Å². The van der Waals surface area contributed by atoms with Gasteiger partial charge in [-0.15, -0.1) is 0 Å². The number of H-pyrrole nitrogens is 1. The molecule has 0 radical (unpaired) electrons. The summed E-state index contributed by atoms with van der Waals surface area (Å²) in [6.45, 7) is 0. The van der Waals surface area contributed by atoms with E-state index in [0.29, 0.717) is 0 Å². The third-order valence-electron chi connectivity index (χ3n) is 0.406. The second kappa shape index (κ2) is 5.60. The largest absolute Gasteiger partial charge is 0.351 e. The molecule has 0 aliphatic rings. The molecule has 3 heteroatoms. The summed E-state index contributed by atoms with van der Waals surface area (Å²) >= 11 is 3.00. The Labute approximate surface area is 50.3 Å². The van der Waals surface area contributed by atoms with Crippen molar-refractivity contribution in [2.24, 2.45) is 0 Å². The van der Waals surface area contributed by atoms with Gasteiger partial charge in [0.25, 0.3) is 0 Å². The first-order valence-corrected chi connectivity index (χ1v) is 2.46. The van der Waals surface area contributed by atoms with Crippen molar-refractivity contribution in [3.05, 3.63) is 18.7 Å². The Balaban J connectivity index is 0.000000162. The third-order valence-corrected chi connectivity index (χ3v) is 0.406.